The molecular formula is C13H11FN2O2. The fourth-order valence-electron chi connectivity index (χ4n) is 1.72. The van der Waals surface area contributed by atoms with Crippen LogP contribution in [0.3, 0.4) is 0 Å². The molecule has 4 nitrogen and oxygen atoms in total. The summed E-state index contributed by atoms with van der Waals surface area (Å²) >= 11 is 0. The lowest BCUT2D eigenvalue weighted by Crippen LogP contribution is -1.96. The summed E-state index contributed by atoms with van der Waals surface area (Å²) in [7, 11) is 1.68. The van der Waals surface area contributed by atoms with Crippen molar-refractivity contribution in [3.05, 3.63) is 47.9 Å². The van der Waals surface area contributed by atoms with Gasteiger partial charge in [-0.15, -0.1) is 0 Å². The molecule has 0 aliphatic heterocycles. The van der Waals surface area contributed by atoms with Gasteiger partial charge in [-0.05, 0) is 18.2 Å². The molecule has 2 aromatic rings. The first-order valence-corrected chi connectivity index (χ1v) is 5.27. The van der Waals surface area contributed by atoms with Crippen LogP contribution in [0.4, 0.5) is 4.39 Å². The fourth-order valence-corrected chi connectivity index (χ4v) is 1.72. The number of rotatable bonds is 3. The minimum Gasteiger partial charge on any atom is -0.478 e. The molecule has 1 aromatic heterocycles. The van der Waals surface area contributed by atoms with Crippen LogP contribution in [0.2, 0.25) is 0 Å². The molecule has 0 radical (unpaired) electrons. The quantitative estimate of drug-likeness (QED) is 0.845. The van der Waals surface area contributed by atoms with Crippen molar-refractivity contribution in [1.29, 1.82) is 0 Å². The summed E-state index contributed by atoms with van der Waals surface area (Å²) in [6, 6.07) is 6.30. The third-order valence-corrected chi connectivity index (χ3v) is 2.50. The van der Waals surface area contributed by atoms with E-state index >= 15 is 0 Å². The van der Waals surface area contributed by atoms with Gasteiger partial charge in [0.2, 0.25) is 0 Å². The molecule has 0 aliphatic rings. The van der Waals surface area contributed by atoms with Crippen molar-refractivity contribution in [3.8, 4) is 11.3 Å². The molecular weight excluding hydrogens is 235 g/mol. The van der Waals surface area contributed by atoms with Crippen molar-refractivity contribution in [2.24, 2.45) is 7.05 Å². The van der Waals surface area contributed by atoms with Crippen LogP contribution in [0.15, 0.2) is 36.5 Å². The molecule has 5 heteroatoms. The van der Waals surface area contributed by atoms with Crippen LogP contribution in [-0.4, -0.2) is 20.9 Å². The standard InChI is InChI=1S/C13H11FN2O2/c1-16-13(10-4-2-3-5-11(10)14)9(8-15-16)6-7-12(17)18/h2-8H,1H3,(H,17,18). The summed E-state index contributed by atoms with van der Waals surface area (Å²) in [5.41, 5.74) is 1.50. The minimum atomic E-state index is -1.06. The first kappa shape index (κ1) is 12.0. The van der Waals surface area contributed by atoms with Gasteiger partial charge in [0.25, 0.3) is 0 Å². The van der Waals surface area contributed by atoms with E-state index in [1.165, 1.54) is 23.0 Å². The number of aryl methyl sites for hydroxylation is 1. The molecule has 1 heterocycles. The zero-order valence-electron chi connectivity index (χ0n) is 9.67. The fraction of sp³-hybridized carbons (Fsp3) is 0.0769. The second-order valence-electron chi connectivity index (χ2n) is 3.72. The Bertz CT molecular complexity index is 617. The van der Waals surface area contributed by atoms with Crippen molar-refractivity contribution in [1.82, 2.24) is 9.78 Å². The molecule has 0 spiro atoms. The van der Waals surface area contributed by atoms with Gasteiger partial charge in [-0.25, -0.2) is 9.18 Å². The normalized spacial score (nSPS) is 11.0. The number of halogens is 1. The van der Waals surface area contributed by atoms with E-state index in [2.05, 4.69) is 5.10 Å². The van der Waals surface area contributed by atoms with Crippen LogP contribution < -0.4 is 0 Å². The van der Waals surface area contributed by atoms with E-state index in [4.69, 9.17) is 5.11 Å². The first-order chi connectivity index (χ1) is 8.59. The van der Waals surface area contributed by atoms with E-state index in [0.29, 0.717) is 16.8 Å². The topological polar surface area (TPSA) is 55.1 Å². The molecule has 0 atom stereocenters. The maximum absolute atomic E-state index is 13.7. The highest BCUT2D eigenvalue weighted by Crippen LogP contribution is 2.26. The number of carboxylic acids is 1. The van der Waals surface area contributed by atoms with E-state index < -0.39 is 5.97 Å². The van der Waals surface area contributed by atoms with Crippen LogP contribution in [0.1, 0.15) is 5.56 Å². The number of carbonyl (C=O) groups is 1. The number of nitrogens with zero attached hydrogens (tertiary/aromatic N) is 2. The molecule has 18 heavy (non-hydrogen) atoms. The molecule has 0 saturated heterocycles. The highest BCUT2D eigenvalue weighted by Gasteiger charge is 2.12. The second kappa shape index (κ2) is 4.83. The van der Waals surface area contributed by atoms with E-state index in [1.807, 2.05) is 0 Å². The summed E-state index contributed by atoms with van der Waals surface area (Å²) in [5, 5.41) is 12.6. The lowest BCUT2D eigenvalue weighted by atomic mass is 10.1. The molecule has 0 bridgehead atoms. The molecule has 0 unspecified atom stereocenters. The maximum Gasteiger partial charge on any atom is 0.328 e. The smallest absolute Gasteiger partial charge is 0.328 e. The lowest BCUT2D eigenvalue weighted by molar-refractivity contribution is -0.131. The number of hydrogen-bond acceptors (Lipinski definition) is 2. The van der Waals surface area contributed by atoms with Gasteiger partial charge in [0.15, 0.2) is 0 Å². The van der Waals surface area contributed by atoms with Crippen LogP contribution >= 0.6 is 0 Å². The van der Waals surface area contributed by atoms with E-state index in [9.17, 15) is 9.18 Å². The van der Waals surface area contributed by atoms with Gasteiger partial charge >= 0.3 is 5.97 Å². The molecule has 0 amide bonds. The van der Waals surface area contributed by atoms with Crippen molar-refractivity contribution >= 4 is 12.0 Å². The third-order valence-electron chi connectivity index (χ3n) is 2.50. The SMILES string of the molecule is Cn1ncc(C=CC(=O)O)c1-c1ccccc1F. The average molecular weight is 246 g/mol. The number of aromatic nitrogens is 2. The van der Waals surface area contributed by atoms with Crippen LogP contribution in [-0.2, 0) is 11.8 Å². The van der Waals surface area contributed by atoms with Crippen molar-refractivity contribution in [2.75, 3.05) is 0 Å². The van der Waals surface area contributed by atoms with Gasteiger partial charge in [0.1, 0.15) is 5.82 Å². The molecule has 1 N–H and O–H groups in total. The number of benzene rings is 1. The van der Waals surface area contributed by atoms with Gasteiger partial charge in [-0.3, -0.25) is 4.68 Å². The average Bonchev–Trinajstić information content (AvgIpc) is 2.69. The molecule has 92 valence electrons. The number of carboxylic acid groups (broad SMARTS) is 1. The Morgan fingerprint density at radius 3 is 2.83 bits per heavy atom. The van der Waals surface area contributed by atoms with Gasteiger partial charge in [0.05, 0.1) is 11.9 Å². The predicted molar refractivity (Wildman–Crippen MR) is 65.3 cm³/mol. The number of aliphatic carboxylic acids is 1. The van der Waals surface area contributed by atoms with Crippen molar-refractivity contribution in [2.45, 2.75) is 0 Å². The molecule has 2 rings (SSSR count). The van der Waals surface area contributed by atoms with Crippen LogP contribution in [0.5, 0.6) is 0 Å². The zero-order valence-corrected chi connectivity index (χ0v) is 9.67. The molecule has 0 saturated carbocycles. The van der Waals surface area contributed by atoms with Crippen LogP contribution in [0.25, 0.3) is 17.3 Å². The lowest BCUT2D eigenvalue weighted by Gasteiger charge is -2.05. The minimum absolute atomic E-state index is 0.369. The highest BCUT2D eigenvalue weighted by molar-refractivity contribution is 5.87. The highest BCUT2D eigenvalue weighted by atomic mass is 19.1. The third kappa shape index (κ3) is 2.29. The molecule has 1 aromatic carbocycles. The van der Waals surface area contributed by atoms with Crippen molar-refractivity contribution < 1.29 is 14.3 Å². The Labute approximate surface area is 103 Å². The molecule has 0 fully saturated rings. The number of hydrogen-bond donors (Lipinski definition) is 1. The Balaban J connectivity index is 2.54. The van der Waals surface area contributed by atoms with Gasteiger partial charge < -0.3 is 5.11 Å². The van der Waals surface area contributed by atoms with Crippen molar-refractivity contribution in [3.63, 3.8) is 0 Å². The first-order valence-electron chi connectivity index (χ1n) is 5.27. The Hall–Kier alpha value is -2.43. The zero-order chi connectivity index (χ0) is 13.1. The summed E-state index contributed by atoms with van der Waals surface area (Å²) in [6.45, 7) is 0. The van der Waals surface area contributed by atoms with Gasteiger partial charge in [-0.2, -0.15) is 5.10 Å². The largest absolute Gasteiger partial charge is 0.478 e. The maximum atomic E-state index is 13.7. The van der Waals surface area contributed by atoms with E-state index in [1.54, 1.807) is 25.2 Å². The van der Waals surface area contributed by atoms with E-state index in [-0.39, 0.29) is 5.82 Å². The monoisotopic (exact) mass is 246 g/mol. The Kier molecular flexibility index (Phi) is 3.23. The predicted octanol–water partition coefficient (Wildman–Crippen LogP) is 2.32. The Morgan fingerprint density at radius 1 is 1.44 bits per heavy atom. The summed E-state index contributed by atoms with van der Waals surface area (Å²) in [6.07, 6.45) is 3.90. The van der Waals surface area contributed by atoms with E-state index in [0.717, 1.165) is 6.08 Å². The summed E-state index contributed by atoms with van der Waals surface area (Å²) < 4.78 is 15.2. The summed E-state index contributed by atoms with van der Waals surface area (Å²) in [5.74, 6) is -1.43. The summed E-state index contributed by atoms with van der Waals surface area (Å²) in [4.78, 5) is 10.5. The second-order valence-corrected chi connectivity index (χ2v) is 3.72. The van der Waals surface area contributed by atoms with Gasteiger partial charge in [-0.1, -0.05) is 12.1 Å². The van der Waals surface area contributed by atoms with Gasteiger partial charge in [0, 0.05) is 24.3 Å². The van der Waals surface area contributed by atoms with Crippen LogP contribution in [0, 0.1) is 5.82 Å². The molecule has 0 aliphatic carbocycles. The Morgan fingerprint density at radius 2 is 2.17 bits per heavy atom.